The van der Waals surface area contributed by atoms with Gasteiger partial charge in [-0.1, -0.05) is 6.42 Å². The Labute approximate surface area is 144 Å². The number of hydrogen-bond acceptors (Lipinski definition) is 5. The first-order valence-corrected chi connectivity index (χ1v) is 8.00. The van der Waals surface area contributed by atoms with Gasteiger partial charge in [0, 0.05) is 13.1 Å². The zero-order valence-corrected chi connectivity index (χ0v) is 13.8. The predicted octanol–water partition coefficient (Wildman–Crippen LogP) is 0.908. The highest BCUT2D eigenvalue weighted by atomic mass is 16.5. The summed E-state index contributed by atoms with van der Waals surface area (Å²) in [5.41, 5.74) is 4.79. The minimum atomic E-state index is -0.840. The van der Waals surface area contributed by atoms with Gasteiger partial charge in [-0.05, 0) is 24.8 Å². The van der Waals surface area contributed by atoms with Crippen molar-refractivity contribution in [3.8, 4) is 5.88 Å². The van der Waals surface area contributed by atoms with Gasteiger partial charge in [0.1, 0.15) is 5.56 Å². The summed E-state index contributed by atoms with van der Waals surface area (Å²) in [6.07, 6.45) is 3.63. The third kappa shape index (κ3) is 2.86. The number of carboxylic acid groups (broad SMARTS) is 1. The SMILES string of the molecule is COc1ncc(NC(=O)N2C[C@@H]3CCC[C@@]3(C(=O)O)C2)cc1C(N)=O. The molecule has 0 spiro atoms. The van der Waals surface area contributed by atoms with E-state index < -0.39 is 23.3 Å². The highest BCUT2D eigenvalue weighted by Crippen LogP contribution is 2.48. The summed E-state index contributed by atoms with van der Waals surface area (Å²) in [7, 11) is 1.36. The van der Waals surface area contributed by atoms with Crippen molar-refractivity contribution in [1.82, 2.24) is 9.88 Å². The van der Waals surface area contributed by atoms with Crippen molar-refractivity contribution in [2.24, 2.45) is 17.1 Å². The fraction of sp³-hybridized carbons (Fsp3) is 0.500. The highest BCUT2D eigenvalue weighted by Gasteiger charge is 2.55. The smallest absolute Gasteiger partial charge is 0.321 e. The van der Waals surface area contributed by atoms with E-state index in [0.29, 0.717) is 18.7 Å². The number of urea groups is 1. The molecule has 9 nitrogen and oxygen atoms in total. The Kier molecular flexibility index (Phi) is 4.23. The van der Waals surface area contributed by atoms with E-state index in [4.69, 9.17) is 10.5 Å². The van der Waals surface area contributed by atoms with Crippen molar-refractivity contribution >= 4 is 23.6 Å². The minimum Gasteiger partial charge on any atom is -0.481 e. The van der Waals surface area contributed by atoms with Crippen LogP contribution in [0.2, 0.25) is 0 Å². The lowest BCUT2D eigenvalue weighted by molar-refractivity contribution is -0.149. The molecule has 1 saturated carbocycles. The standard InChI is InChI=1S/C16H20N4O5/c1-25-13-11(12(17)21)5-10(6-18-13)19-15(24)20-7-9-3-2-4-16(9,8-20)14(22)23/h5-6,9H,2-4,7-8H2,1H3,(H2,17,21)(H,19,24)(H,22,23)/t9-,16+/m0/s1. The second kappa shape index (κ2) is 6.23. The van der Waals surface area contributed by atoms with E-state index in [-0.39, 0.29) is 23.9 Å². The van der Waals surface area contributed by atoms with E-state index in [9.17, 15) is 19.5 Å². The second-order valence-electron chi connectivity index (χ2n) is 6.51. The van der Waals surface area contributed by atoms with E-state index >= 15 is 0 Å². The van der Waals surface area contributed by atoms with Gasteiger partial charge in [0.05, 0.1) is 24.4 Å². The normalized spacial score (nSPS) is 24.7. The predicted molar refractivity (Wildman–Crippen MR) is 87.3 cm³/mol. The topological polar surface area (TPSA) is 135 Å². The number of pyridine rings is 1. The maximum absolute atomic E-state index is 12.5. The zero-order chi connectivity index (χ0) is 18.2. The average molecular weight is 348 g/mol. The molecule has 0 radical (unpaired) electrons. The van der Waals surface area contributed by atoms with Gasteiger partial charge >= 0.3 is 12.0 Å². The minimum absolute atomic E-state index is 0.0223. The number of primary amides is 1. The van der Waals surface area contributed by atoms with Crippen LogP contribution in [0.25, 0.3) is 0 Å². The number of nitrogens with zero attached hydrogens (tertiary/aromatic N) is 2. The maximum atomic E-state index is 12.5. The number of methoxy groups -OCH3 is 1. The summed E-state index contributed by atoms with van der Waals surface area (Å²) in [6.45, 7) is 0.593. The number of anilines is 1. The van der Waals surface area contributed by atoms with E-state index in [1.54, 1.807) is 0 Å². The molecular formula is C16H20N4O5. The molecule has 1 saturated heterocycles. The molecule has 0 unspecified atom stereocenters. The number of rotatable bonds is 4. The molecule has 3 rings (SSSR count). The molecule has 0 aromatic carbocycles. The van der Waals surface area contributed by atoms with E-state index in [1.807, 2.05) is 0 Å². The molecule has 1 aromatic rings. The summed E-state index contributed by atoms with van der Waals surface area (Å²) >= 11 is 0. The first kappa shape index (κ1) is 17.0. The van der Waals surface area contributed by atoms with Crippen LogP contribution in [0, 0.1) is 11.3 Å². The number of amides is 3. The molecule has 3 amide bonds. The van der Waals surface area contributed by atoms with Crippen LogP contribution < -0.4 is 15.8 Å². The molecular weight excluding hydrogens is 328 g/mol. The molecule has 2 fully saturated rings. The van der Waals surface area contributed by atoms with Crippen molar-refractivity contribution in [3.63, 3.8) is 0 Å². The van der Waals surface area contributed by atoms with Crippen LogP contribution in [0.4, 0.5) is 10.5 Å². The van der Waals surface area contributed by atoms with Crippen molar-refractivity contribution < 1.29 is 24.2 Å². The Bertz CT molecular complexity index is 737. The zero-order valence-electron chi connectivity index (χ0n) is 13.8. The Morgan fingerprint density at radius 2 is 2.24 bits per heavy atom. The molecule has 2 atom stereocenters. The van der Waals surface area contributed by atoms with Gasteiger partial charge in [-0.2, -0.15) is 0 Å². The van der Waals surface area contributed by atoms with Crippen LogP contribution in [0.5, 0.6) is 5.88 Å². The number of nitrogens with two attached hydrogens (primary N) is 1. The van der Waals surface area contributed by atoms with Crippen molar-refractivity contribution in [2.45, 2.75) is 19.3 Å². The van der Waals surface area contributed by atoms with Crippen LogP contribution in [0.3, 0.4) is 0 Å². The molecule has 2 aliphatic rings. The number of carbonyl (C=O) groups excluding carboxylic acids is 2. The second-order valence-corrected chi connectivity index (χ2v) is 6.51. The van der Waals surface area contributed by atoms with Gasteiger partial charge in [-0.25, -0.2) is 9.78 Å². The first-order chi connectivity index (χ1) is 11.9. The Balaban J connectivity index is 1.74. The van der Waals surface area contributed by atoms with E-state index in [1.165, 1.54) is 24.3 Å². The number of ether oxygens (including phenoxy) is 1. The first-order valence-electron chi connectivity index (χ1n) is 8.00. The van der Waals surface area contributed by atoms with E-state index in [2.05, 4.69) is 10.3 Å². The number of fused-ring (bicyclic) bond motifs is 1. The number of carbonyl (C=O) groups is 3. The Morgan fingerprint density at radius 1 is 1.48 bits per heavy atom. The molecule has 25 heavy (non-hydrogen) atoms. The molecule has 0 bridgehead atoms. The van der Waals surface area contributed by atoms with Crippen LogP contribution >= 0.6 is 0 Å². The average Bonchev–Trinajstić information content (AvgIpc) is 3.13. The van der Waals surface area contributed by atoms with Crippen LogP contribution in [0.1, 0.15) is 29.6 Å². The number of likely N-dealkylation sites (tertiary alicyclic amines) is 1. The molecule has 4 N–H and O–H groups in total. The van der Waals surface area contributed by atoms with Crippen LogP contribution in [-0.4, -0.2) is 53.1 Å². The monoisotopic (exact) mass is 348 g/mol. The van der Waals surface area contributed by atoms with Crippen LogP contribution in [0.15, 0.2) is 12.3 Å². The summed E-state index contributed by atoms with van der Waals surface area (Å²) < 4.78 is 4.96. The molecule has 1 aromatic heterocycles. The Hall–Kier alpha value is -2.84. The third-order valence-electron chi connectivity index (χ3n) is 5.15. The lowest BCUT2D eigenvalue weighted by Gasteiger charge is -2.23. The lowest BCUT2D eigenvalue weighted by Crippen LogP contribution is -2.38. The summed E-state index contributed by atoms with van der Waals surface area (Å²) in [6, 6.07) is 0.966. The van der Waals surface area contributed by atoms with Gasteiger partial charge in [-0.15, -0.1) is 0 Å². The van der Waals surface area contributed by atoms with Gasteiger partial charge in [0.2, 0.25) is 5.88 Å². The number of carboxylic acids is 1. The number of aliphatic carboxylic acids is 1. The van der Waals surface area contributed by atoms with Crippen molar-refractivity contribution in [3.05, 3.63) is 17.8 Å². The van der Waals surface area contributed by atoms with Crippen molar-refractivity contribution in [1.29, 1.82) is 0 Å². The molecule has 1 aliphatic heterocycles. The maximum Gasteiger partial charge on any atom is 0.321 e. The molecule has 1 aliphatic carbocycles. The summed E-state index contributed by atoms with van der Waals surface area (Å²) in [5, 5.41) is 12.2. The highest BCUT2D eigenvalue weighted by molar-refractivity contribution is 5.97. The van der Waals surface area contributed by atoms with Gasteiger partial charge in [-0.3, -0.25) is 9.59 Å². The summed E-state index contributed by atoms with van der Waals surface area (Å²) in [4.78, 5) is 41.1. The van der Waals surface area contributed by atoms with Crippen molar-refractivity contribution in [2.75, 3.05) is 25.5 Å². The largest absolute Gasteiger partial charge is 0.481 e. The molecule has 9 heteroatoms. The fourth-order valence-corrected chi connectivity index (χ4v) is 3.86. The fourth-order valence-electron chi connectivity index (χ4n) is 3.86. The third-order valence-corrected chi connectivity index (χ3v) is 5.15. The van der Waals surface area contributed by atoms with Gasteiger partial charge in [0.15, 0.2) is 0 Å². The molecule has 134 valence electrons. The van der Waals surface area contributed by atoms with Gasteiger partial charge in [0.25, 0.3) is 5.91 Å². The molecule has 2 heterocycles. The van der Waals surface area contributed by atoms with E-state index in [0.717, 1.165) is 12.8 Å². The van der Waals surface area contributed by atoms with Crippen LogP contribution in [-0.2, 0) is 4.79 Å². The number of aromatic nitrogens is 1. The lowest BCUT2D eigenvalue weighted by atomic mass is 9.81. The quantitative estimate of drug-likeness (QED) is 0.740. The number of nitrogens with one attached hydrogen (secondary N) is 1. The van der Waals surface area contributed by atoms with Gasteiger partial charge < -0.3 is 25.8 Å². The number of hydrogen-bond donors (Lipinski definition) is 3. The summed E-state index contributed by atoms with van der Waals surface area (Å²) in [5.74, 6) is -1.51. The Morgan fingerprint density at radius 3 is 2.84 bits per heavy atom.